The van der Waals surface area contributed by atoms with Gasteiger partial charge in [0.05, 0.1) is 19.6 Å². The minimum absolute atomic E-state index is 0.213. The molecule has 0 unspecified atom stereocenters. The lowest BCUT2D eigenvalue weighted by atomic mass is 10.1. The van der Waals surface area contributed by atoms with Crippen molar-refractivity contribution in [1.82, 2.24) is 26.6 Å². The molecule has 1 aromatic rings. The number of amides is 5. The van der Waals surface area contributed by atoms with Crippen molar-refractivity contribution >= 4 is 29.5 Å². The molecule has 0 spiro atoms. The number of nitrogens with one attached hydrogen (secondary N) is 5. The molecule has 0 heterocycles. The van der Waals surface area contributed by atoms with Crippen LogP contribution in [0.2, 0.25) is 0 Å². The summed E-state index contributed by atoms with van der Waals surface area (Å²) in [6, 6.07) is 8.14. The molecule has 0 aliphatic heterocycles. The Labute approximate surface area is 175 Å². The van der Waals surface area contributed by atoms with E-state index in [0.717, 1.165) is 5.56 Å². The predicted molar refractivity (Wildman–Crippen MR) is 110 cm³/mol. The number of benzene rings is 1. The van der Waals surface area contributed by atoms with Crippen molar-refractivity contribution in [3.05, 3.63) is 35.9 Å². The topological polar surface area (TPSA) is 146 Å². The Kier molecular flexibility index (Phi) is 10.6. The molecule has 5 amide bonds. The maximum atomic E-state index is 12.4. The van der Waals surface area contributed by atoms with Gasteiger partial charge in [0.15, 0.2) is 0 Å². The Bertz CT molecular complexity index is 751. The van der Waals surface area contributed by atoms with E-state index < -0.39 is 23.8 Å². The van der Waals surface area contributed by atoms with Gasteiger partial charge >= 0.3 is 0 Å². The van der Waals surface area contributed by atoms with E-state index in [1.54, 1.807) is 13.8 Å². The van der Waals surface area contributed by atoms with Gasteiger partial charge in [0.2, 0.25) is 29.5 Å². The Hall–Kier alpha value is -3.43. The Balaban J connectivity index is 2.60. The Morgan fingerprint density at radius 2 is 1.33 bits per heavy atom. The summed E-state index contributed by atoms with van der Waals surface area (Å²) < 4.78 is 0. The third-order valence-electron chi connectivity index (χ3n) is 4.03. The van der Waals surface area contributed by atoms with Crippen molar-refractivity contribution in [2.45, 2.75) is 26.3 Å². The average molecular weight is 419 g/mol. The van der Waals surface area contributed by atoms with Crippen LogP contribution < -0.4 is 26.6 Å². The average Bonchev–Trinajstić information content (AvgIpc) is 2.74. The minimum Gasteiger partial charge on any atom is -0.358 e. The first-order valence-electron chi connectivity index (χ1n) is 9.59. The quantitative estimate of drug-likeness (QED) is 0.295. The minimum atomic E-state index is -0.929. The summed E-state index contributed by atoms with van der Waals surface area (Å²) in [7, 11) is 1.45. The number of likely N-dealkylation sites (N-methyl/N-ethyl adjacent to an activating group) is 1. The molecule has 164 valence electrons. The fourth-order valence-corrected chi connectivity index (χ4v) is 2.30. The predicted octanol–water partition coefficient (Wildman–Crippen LogP) is -1.54. The van der Waals surface area contributed by atoms with Crippen molar-refractivity contribution in [2.75, 3.05) is 26.7 Å². The molecule has 10 nitrogen and oxygen atoms in total. The third kappa shape index (κ3) is 9.67. The fraction of sp³-hybridized carbons (Fsp3) is 0.450. The molecule has 0 saturated heterocycles. The van der Waals surface area contributed by atoms with Crippen molar-refractivity contribution < 1.29 is 24.0 Å². The molecule has 0 saturated carbocycles. The third-order valence-corrected chi connectivity index (χ3v) is 4.03. The summed E-state index contributed by atoms with van der Waals surface area (Å²) in [4.78, 5) is 59.3. The van der Waals surface area contributed by atoms with E-state index >= 15 is 0 Å². The van der Waals surface area contributed by atoms with Gasteiger partial charge < -0.3 is 26.6 Å². The molecule has 1 aromatic carbocycles. The highest BCUT2D eigenvalue weighted by molar-refractivity contribution is 5.92. The van der Waals surface area contributed by atoms with Crippen molar-refractivity contribution in [3.8, 4) is 0 Å². The lowest BCUT2D eigenvalue weighted by Crippen LogP contribution is -2.52. The molecule has 5 N–H and O–H groups in total. The summed E-state index contributed by atoms with van der Waals surface area (Å²) in [6.07, 6.45) is 0.213. The van der Waals surface area contributed by atoms with Gasteiger partial charge in [-0.05, 0) is 5.56 Å². The van der Waals surface area contributed by atoms with Crippen molar-refractivity contribution in [2.24, 2.45) is 5.92 Å². The van der Waals surface area contributed by atoms with Gasteiger partial charge in [-0.2, -0.15) is 0 Å². The molecule has 1 rings (SSSR count). The SMILES string of the molecule is CNC(=O)CNC(=O)[C@H](Cc1ccccc1)NC(=O)CNC(=O)CNC(=O)C(C)C. The second kappa shape index (κ2) is 12.9. The van der Waals surface area contributed by atoms with Gasteiger partial charge in [-0.1, -0.05) is 44.2 Å². The fourth-order valence-electron chi connectivity index (χ4n) is 2.30. The molecule has 0 fully saturated rings. The number of rotatable bonds is 11. The van der Waals surface area contributed by atoms with Crippen LogP contribution >= 0.6 is 0 Å². The number of carbonyl (C=O) groups is 5. The number of hydrogen-bond acceptors (Lipinski definition) is 5. The zero-order valence-electron chi connectivity index (χ0n) is 17.4. The molecule has 0 aliphatic rings. The van der Waals surface area contributed by atoms with Gasteiger partial charge in [0, 0.05) is 19.4 Å². The van der Waals surface area contributed by atoms with Gasteiger partial charge in [-0.15, -0.1) is 0 Å². The highest BCUT2D eigenvalue weighted by Gasteiger charge is 2.22. The van der Waals surface area contributed by atoms with Crippen LogP contribution in [0.25, 0.3) is 0 Å². The highest BCUT2D eigenvalue weighted by Crippen LogP contribution is 2.03. The van der Waals surface area contributed by atoms with Crippen LogP contribution in [0.3, 0.4) is 0 Å². The summed E-state index contributed by atoms with van der Waals surface area (Å²) in [5, 5.41) is 12.2. The second-order valence-corrected chi connectivity index (χ2v) is 6.85. The van der Waals surface area contributed by atoms with Gasteiger partial charge in [-0.3, -0.25) is 24.0 Å². The molecule has 0 bridgehead atoms. The first-order chi connectivity index (χ1) is 14.2. The number of carbonyl (C=O) groups excluding carboxylic acids is 5. The first-order valence-corrected chi connectivity index (χ1v) is 9.59. The van der Waals surface area contributed by atoms with E-state index in [1.807, 2.05) is 30.3 Å². The summed E-state index contributed by atoms with van der Waals surface area (Å²) in [5.41, 5.74) is 0.818. The first kappa shape index (κ1) is 24.6. The lowest BCUT2D eigenvalue weighted by molar-refractivity contribution is -0.131. The molecular formula is C20H29N5O5. The van der Waals surface area contributed by atoms with Crippen LogP contribution in [-0.4, -0.2) is 62.3 Å². The monoisotopic (exact) mass is 419 g/mol. The van der Waals surface area contributed by atoms with Crippen LogP contribution in [0.4, 0.5) is 0 Å². The Morgan fingerprint density at radius 3 is 1.93 bits per heavy atom. The molecule has 30 heavy (non-hydrogen) atoms. The smallest absolute Gasteiger partial charge is 0.243 e. The van der Waals surface area contributed by atoms with Gasteiger partial charge in [0.25, 0.3) is 0 Å². The Morgan fingerprint density at radius 1 is 0.767 bits per heavy atom. The van der Waals surface area contributed by atoms with E-state index in [1.165, 1.54) is 7.05 Å². The van der Waals surface area contributed by atoms with Gasteiger partial charge in [0.1, 0.15) is 6.04 Å². The van der Waals surface area contributed by atoms with E-state index in [0.29, 0.717) is 0 Å². The molecule has 1 atom stereocenters. The van der Waals surface area contributed by atoms with E-state index in [2.05, 4.69) is 26.6 Å². The summed E-state index contributed by atoms with van der Waals surface area (Å²) in [5.74, 6) is -2.52. The van der Waals surface area contributed by atoms with Crippen LogP contribution in [0.5, 0.6) is 0 Å². The second-order valence-electron chi connectivity index (χ2n) is 6.85. The van der Waals surface area contributed by atoms with Crippen molar-refractivity contribution in [3.63, 3.8) is 0 Å². The highest BCUT2D eigenvalue weighted by atomic mass is 16.2. The molecular weight excluding hydrogens is 390 g/mol. The largest absolute Gasteiger partial charge is 0.358 e. The maximum Gasteiger partial charge on any atom is 0.243 e. The van der Waals surface area contributed by atoms with Crippen LogP contribution in [0, 0.1) is 5.92 Å². The van der Waals surface area contributed by atoms with E-state index in [9.17, 15) is 24.0 Å². The van der Waals surface area contributed by atoms with Crippen LogP contribution in [0.1, 0.15) is 19.4 Å². The molecule has 0 radical (unpaired) electrons. The molecule has 0 aromatic heterocycles. The normalized spacial score (nSPS) is 11.2. The summed E-state index contributed by atoms with van der Waals surface area (Å²) >= 11 is 0. The van der Waals surface area contributed by atoms with Crippen LogP contribution in [-0.2, 0) is 30.4 Å². The van der Waals surface area contributed by atoms with E-state index in [-0.39, 0.29) is 43.8 Å². The zero-order chi connectivity index (χ0) is 22.5. The van der Waals surface area contributed by atoms with Crippen molar-refractivity contribution in [1.29, 1.82) is 0 Å². The molecule has 10 heteroatoms. The number of hydrogen-bond donors (Lipinski definition) is 5. The van der Waals surface area contributed by atoms with E-state index in [4.69, 9.17) is 0 Å². The standard InChI is InChI=1S/C20H29N5O5/c1-13(2)19(29)23-11-17(27)22-12-18(28)25-15(9-14-7-5-4-6-8-14)20(30)24-10-16(26)21-3/h4-8,13,15H,9-12H2,1-3H3,(H,21,26)(H,22,27)(H,23,29)(H,24,30)(H,25,28)/t15-/m0/s1. The molecule has 0 aliphatic carbocycles. The summed E-state index contributed by atoms with van der Waals surface area (Å²) in [6.45, 7) is 2.57. The van der Waals surface area contributed by atoms with Crippen LogP contribution in [0.15, 0.2) is 30.3 Å². The lowest BCUT2D eigenvalue weighted by Gasteiger charge is -2.19. The van der Waals surface area contributed by atoms with Gasteiger partial charge in [-0.25, -0.2) is 0 Å². The zero-order valence-corrected chi connectivity index (χ0v) is 17.4. The maximum absolute atomic E-state index is 12.4.